The van der Waals surface area contributed by atoms with Gasteiger partial charge in [-0.05, 0) is 53.4 Å². The minimum atomic E-state index is -0.282. The van der Waals surface area contributed by atoms with Gasteiger partial charge >= 0.3 is 0 Å². The SMILES string of the molecule is CCc1cc(-c2ccc(F)cc2-c2ccc(N3CCOCC3)nc2)cnc1N. The molecule has 3 aromatic rings. The summed E-state index contributed by atoms with van der Waals surface area (Å²) >= 11 is 0. The Labute approximate surface area is 164 Å². The van der Waals surface area contributed by atoms with Crippen LogP contribution in [0, 0.1) is 5.82 Å². The van der Waals surface area contributed by atoms with Crippen molar-refractivity contribution in [3.05, 3.63) is 60.2 Å². The summed E-state index contributed by atoms with van der Waals surface area (Å²) in [5, 5.41) is 0. The van der Waals surface area contributed by atoms with E-state index in [-0.39, 0.29) is 5.82 Å². The maximum atomic E-state index is 14.1. The molecular weight excluding hydrogens is 355 g/mol. The molecule has 1 aromatic carbocycles. The van der Waals surface area contributed by atoms with Crippen LogP contribution < -0.4 is 10.6 Å². The number of aryl methyl sites for hydroxylation is 1. The molecule has 4 rings (SSSR count). The van der Waals surface area contributed by atoms with E-state index < -0.39 is 0 Å². The lowest BCUT2D eigenvalue weighted by atomic mass is 9.95. The molecule has 28 heavy (non-hydrogen) atoms. The Bertz CT molecular complexity index is 969. The van der Waals surface area contributed by atoms with Crippen molar-refractivity contribution in [3.8, 4) is 22.3 Å². The number of benzene rings is 1. The normalized spacial score (nSPS) is 14.3. The second-order valence-corrected chi connectivity index (χ2v) is 6.82. The lowest BCUT2D eigenvalue weighted by molar-refractivity contribution is 0.122. The van der Waals surface area contributed by atoms with Crippen LogP contribution in [-0.4, -0.2) is 36.3 Å². The number of nitrogen functional groups attached to an aromatic ring is 1. The van der Waals surface area contributed by atoms with E-state index in [1.165, 1.54) is 6.07 Å². The zero-order chi connectivity index (χ0) is 19.5. The van der Waals surface area contributed by atoms with E-state index in [0.29, 0.717) is 19.0 Å². The maximum Gasteiger partial charge on any atom is 0.128 e. The number of rotatable bonds is 4. The van der Waals surface area contributed by atoms with Crippen molar-refractivity contribution in [2.75, 3.05) is 36.9 Å². The Kier molecular flexibility index (Phi) is 5.21. The third-order valence-corrected chi connectivity index (χ3v) is 5.07. The molecule has 2 N–H and O–H groups in total. The molecule has 0 unspecified atom stereocenters. The van der Waals surface area contributed by atoms with E-state index in [1.54, 1.807) is 24.5 Å². The van der Waals surface area contributed by atoms with Gasteiger partial charge in [0.05, 0.1) is 13.2 Å². The van der Waals surface area contributed by atoms with Crippen LogP contribution in [0.15, 0.2) is 48.8 Å². The molecule has 144 valence electrons. The van der Waals surface area contributed by atoms with Gasteiger partial charge in [0.25, 0.3) is 0 Å². The fourth-order valence-electron chi connectivity index (χ4n) is 3.48. The summed E-state index contributed by atoms with van der Waals surface area (Å²) in [4.78, 5) is 11.1. The van der Waals surface area contributed by atoms with Crippen LogP contribution in [0.3, 0.4) is 0 Å². The first-order valence-electron chi connectivity index (χ1n) is 9.49. The van der Waals surface area contributed by atoms with E-state index in [0.717, 1.165) is 53.1 Å². The van der Waals surface area contributed by atoms with Crippen LogP contribution in [-0.2, 0) is 11.2 Å². The Balaban J connectivity index is 1.72. The number of ether oxygens (including phenoxy) is 1. The molecule has 1 aliphatic rings. The third kappa shape index (κ3) is 3.68. The number of pyridine rings is 2. The molecular formula is C22H23FN4O. The first-order valence-corrected chi connectivity index (χ1v) is 9.49. The standard InChI is InChI=1S/C22H23FN4O/c1-2-15-11-17(14-26-22(15)24)19-5-4-18(23)12-20(19)16-3-6-21(25-13-16)27-7-9-28-10-8-27/h3-6,11-14H,2,7-10H2,1H3,(H2,24,26). The maximum absolute atomic E-state index is 14.1. The van der Waals surface area contributed by atoms with Crippen LogP contribution in [0.25, 0.3) is 22.3 Å². The first kappa shape index (κ1) is 18.4. The van der Waals surface area contributed by atoms with Gasteiger partial charge in [-0.1, -0.05) is 13.0 Å². The molecule has 6 heteroatoms. The molecule has 0 spiro atoms. The predicted octanol–water partition coefficient (Wildman–Crippen LogP) is 3.93. The highest BCUT2D eigenvalue weighted by Gasteiger charge is 2.14. The summed E-state index contributed by atoms with van der Waals surface area (Å²) in [6, 6.07) is 10.8. The summed E-state index contributed by atoms with van der Waals surface area (Å²) in [6.45, 7) is 5.11. The molecule has 1 fully saturated rings. The average Bonchev–Trinajstić information content (AvgIpc) is 2.75. The van der Waals surface area contributed by atoms with Gasteiger partial charge in [-0.15, -0.1) is 0 Å². The molecule has 0 radical (unpaired) electrons. The van der Waals surface area contributed by atoms with E-state index in [2.05, 4.69) is 14.9 Å². The molecule has 0 aliphatic carbocycles. The number of hydrogen-bond acceptors (Lipinski definition) is 5. The molecule has 0 atom stereocenters. The van der Waals surface area contributed by atoms with Gasteiger partial charge in [0.2, 0.25) is 0 Å². The topological polar surface area (TPSA) is 64.3 Å². The fourth-order valence-corrected chi connectivity index (χ4v) is 3.48. The van der Waals surface area contributed by atoms with E-state index in [1.807, 2.05) is 25.1 Å². The predicted molar refractivity (Wildman–Crippen MR) is 110 cm³/mol. The molecule has 0 saturated carbocycles. The summed E-state index contributed by atoms with van der Waals surface area (Å²) in [6.07, 6.45) is 4.33. The molecule has 0 amide bonds. The molecule has 2 aromatic heterocycles. The summed E-state index contributed by atoms with van der Waals surface area (Å²) in [7, 11) is 0. The van der Waals surface area contributed by atoms with Crippen LogP contribution >= 0.6 is 0 Å². The molecule has 3 heterocycles. The Morgan fingerprint density at radius 2 is 1.79 bits per heavy atom. The summed E-state index contributed by atoms with van der Waals surface area (Å²) in [5.41, 5.74) is 10.4. The van der Waals surface area contributed by atoms with Gasteiger partial charge in [-0.2, -0.15) is 0 Å². The van der Waals surface area contributed by atoms with Crippen molar-refractivity contribution >= 4 is 11.6 Å². The zero-order valence-electron chi connectivity index (χ0n) is 15.9. The monoisotopic (exact) mass is 378 g/mol. The number of halogens is 1. The summed E-state index contributed by atoms with van der Waals surface area (Å²) < 4.78 is 19.4. The van der Waals surface area contributed by atoms with Crippen LogP contribution in [0.4, 0.5) is 16.0 Å². The quantitative estimate of drug-likeness (QED) is 0.745. The highest BCUT2D eigenvalue weighted by atomic mass is 19.1. The van der Waals surface area contributed by atoms with Gasteiger partial charge in [-0.3, -0.25) is 0 Å². The highest BCUT2D eigenvalue weighted by molar-refractivity contribution is 5.83. The Morgan fingerprint density at radius 1 is 1.00 bits per heavy atom. The number of hydrogen-bond donors (Lipinski definition) is 1. The van der Waals surface area contributed by atoms with E-state index in [9.17, 15) is 4.39 Å². The number of nitrogens with zero attached hydrogens (tertiary/aromatic N) is 3. The number of morpholine rings is 1. The second kappa shape index (κ2) is 7.94. The molecule has 0 bridgehead atoms. The Morgan fingerprint density at radius 3 is 2.50 bits per heavy atom. The molecule has 1 aliphatic heterocycles. The minimum absolute atomic E-state index is 0.282. The van der Waals surface area contributed by atoms with Gasteiger partial charge in [0, 0.05) is 36.6 Å². The van der Waals surface area contributed by atoms with Crippen molar-refractivity contribution in [2.24, 2.45) is 0 Å². The molecule has 5 nitrogen and oxygen atoms in total. The van der Waals surface area contributed by atoms with Crippen molar-refractivity contribution in [1.29, 1.82) is 0 Å². The van der Waals surface area contributed by atoms with E-state index in [4.69, 9.17) is 10.5 Å². The largest absolute Gasteiger partial charge is 0.383 e. The van der Waals surface area contributed by atoms with Crippen LogP contribution in [0.1, 0.15) is 12.5 Å². The lowest BCUT2D eigenvalue weighted by Crippen LogP contribution is -2.36. The number of nitrogens with two attached hydrogens (primary N) is 1. The van der Waals surface area contributed by atoms with Crippen molar-refractivity contribution in [2.45, 2.75) is 13.3 Å². The zero-order valence-corrected chi connectivity index (χ0v) is 15.9. The van der Waals surface area contributed by atoms with Crippen molar-refractivity contribution in [1.82, 2.24) is 9.97 Å². The van der Waals surface area contributed by atoms with Crippen LogP contribution in [0.2, 0.25) is 0 Å². The fraction of sp³-hybridized carbons (Fsp3) is 0.273. The Hall–Kier alpha value is -2.99. The lowest BCUT2D eigenvalue weighted by Gasteiger charge is -2.27. The first-order chi connectivity index (χ1) is 13.7. The highest BCUT2D eigenvalue weighted by Crippen LogP contribution is 2.34. The minimum Gasteiger partial charge on any atom is -0.383 e. The number of anilines is 2. The van der Waals surface area contributed by atoms with Gasteiger partial charge in [0.1, 0.15) is 17.5 Å². The summed E-state index contributed by atoms with van der Waals surface area (Å²) in [5.74, 6) is 1.16. The van der Waals surface area contributed by atoms with Crippen molar-refractivity contribution < 1.29 is 9.13 Å². The average molecular weight is 378 g/mol. The third-order valence-electron chi connectivity index (χ3n) is 5.07. The smallest absolute Gasteiger partial charge is 0.128 e. The van der Waals surface area contributed by atoms with E-state index >= 15 is 0 Å². The van der Waals surface area contributed by atoms with Gasteiger partial charge in [0.15, 0.2) is 0 Å². The van der Waals surface area contributed by atoms with Gasteiger partial charge in [-0.25, -0.2) is 14.4 Å². The second-order valence-electron chi connectivity index (χ2n) is 6.82. The van der Waals surface area contributed by atoms with Crippen molar-refractivity contribution in [3.63, 3.8) is 0 Å². The number of aromatic nitrogens is 2. The van der Waals surface area contributed by atoms with Crippen LogP contribution in [0.5, 0.6) is 0 Å². The molecule has 1 saturated heterocycles. The van der Waals surface area contributed by atoms with Gasteiger partial charge < -0.3 is 15.4 Å².